The van der Waals surface area contributed by atoms with Crippen LogP contribution in [0.4, 0.5) is 5.95 Å². The second-order valence-corrected chi connectivity index (χ2v) is 12.1. The van der Waals surface area contributed by atoms with E-state index in [9.17, 15) is 4.79 Å². The van der Waals surface area contributed by atoms with E-state index in [-0.39, 0.29) is 11.9 Å². The van der Waals surface area contributed by atoms with Gasteiger partial charge in [0.2, 0.25) is 5.95 Å². The van der Waals surface area contributed by atoms with Gasteiger partial charge in [0.05, 0.1) is 41.0 Å². The van der Waals surface area contributed by atoms with Crippen LogP contribution in [0, 0.1) is 11.8 Å². The lowest BCUT2D eigenvalue weighted by Crippen LogP contribution is -2.41. The Kier molecular flexibility index (Phi) is 7.95. The summed E-state index contributed by atoms with van der Waals surface area (Å²) in [6.45, 7) is 5.11. The van der Waals surface area contributed by atoms with Gasteiger partial charge in [-0.3, -0.25) is 9.78 Å². The number of halogens is 1. The molecule has 1 aliphatic heterocycles. The van der Waals surface area contributed by atoms with Crippen LogP contribution in [0.3, 0.4) is 0 Å². The lowest BCUT2D eigenvalue weighted by atomic mass is 9.83. The van der Waals surface area contributed by atoms with E-state index in [0.29, 0.717) is 35.5 Å². The summed E-state index contributed by atoms with van der Waals surface area (Å²) in [6, 6.07) is 14.2. The van der Waals surface area contributed by atoms with Crippen molar-refractivity contribution in [1.29, 1.82) is 0 Å². The van der Waals surface area contributed by atoms with Crippen molar-refractivity contribution in [3.05, 3.63) is 71.1 Å². The Hall–Kier alpha value is -3.49. The van der Waals surface area contributed by atoms with Crippen molar-refractivity contribution in [3.8, 4) is 11.3 Å². The number of ether oxygens (including phenoxy) is 1. The highest BCUT2D eigenvalue weighted by Gasteiger charge is 2.32. The van der Waals surface area contributed by atoms with E-state index in [1.807, 2.05) is 18.2 Å². The molecule has 4 aromatic rings. The average molecular weight is 573 g/mol. The zero-order chi connectivity index (χ0) is 28.5. The number of hydrogen-bond acceptors (Lipinski definition) is 6. The molecule has 2 aliphatic rings. The molecule has 1 atom stereocenters. The van der Waals surface area contributed by atoms with Gasteiger partial charge in [0.1, 0.15) is 5.69 Å². The molecule has 0 bridgehead atoms. The minimum Gasteiger partial charge on any atom is -0.377 e. The molecule has 0 radical (unpaired) electrons. The Balaban J connectivity index is 1.57. The number of carbonyl (C=O) groups excluding carboxylic acids is 1. The van der Waals surface area contributed by atoms with E-state index in [1.54, 1.807) is 31.4 Å². The third-order valence-electron chi connectivity index (χ3n) is 8.45. The molecule has 3 aromatic heterocycles. The molecule has 4 heterocycles. The van der Waals surface area contributed by atoms with Crippen molar-refractivity contribution in [1.82, 2.24) is 24.4 Å². The smallest absolute Gasteiger partial charge is 0.272 e. The van der Waals surface area contributed by atoms with E-state index >= 15 is 0 Å². The third-order valence-corrected chi connectivity index (χ3v) is 8.66. The Morgan fingerprint density at radius 3 is 2.59 bits per heavy atom. The molecule has 6 rings (SSSR count). The molecule has 9 heteroatoms. The monoisotopic (exact) mass is 572 g/mol. The van der Waals surface area contributed by atoms with E-state index in [1.165, 1.54) is 31.2 Å². The van der Waals surface area contributed by atoms with Crippen LogP contribution in [0.1, 0.15) is 54.7 Å². The zero-order valence-electron chi connectivity index (χ0n) is 24.0. The number of carbonyl (C=O) groups is 1. The van der Waals surface area contributed by atoms with Gasteiger partial charge in [0.25, 0.3) is 5.91 Å². The maximum absolute atomic E-state index is 13.2. The van der Waals surface area contributed by atoms with Gasteiger partial charge in [-0.05, 0) is 42.4 Å². The van der Waals surface area contributed by atoms with Crippen molar-refractivity contribution in [2.24, 2.45) is 11.8 Å². The van der Waals surface area contributed by atoms with E-state index < -0.39 is 0 Å². The van der Waals surface area contributed by atoms with E-state index in [4.69, 9.17) is 26.3 Å². The van der Waals surface area contributed by atoms with Crippen LogP contribution in [0.25, 0.3) is 22.3 Å². The molecule has 41 heavy (non-hydrogen) atoms. The molecule has 1 saturated heterocycles. The average Bonchev–Trinajstić information content (AvgIpc) is 3.35. The Labute approximate surface area is 246 Å². The number of nitrogens with zero attached hydrogens (tertiary/aromatic N) is 6. The number of benzene rings is 1. The largest absolute Gasteiger partial charge is 0.377 e. The van der Waals surface area contributed by atoms with Crippen molar-refractivity contribution in [3.63, 3.8) is 0 Å². The summed E-state index contributed by atoms with van der Waals surface area (Å²) in [6.07, 6.45) is 8.22. The predicted molar refractivity (Wildman–Crippen MR) is 162 cm³/mol. The van der Waals surface area contributed by atoms with Crippen LogP contribution in [-0.4, -0.2) is 64.2 Å². The van der Waals surface area contributed by atoms with Gasteiger partial charge in [0, 0.05) is 45.1 Å². The molecule has 1 aliphatic carbocycles. The number of pyridine rings is 2. The number of aromatic nitrogens is 4. The minimum atomic E-state index is -0.172. The molecule has 0 spiro atoms. The van der Waals surface area contributed by atoms with Crippen LogP contribution in [0.15, 0.2) is 54.9 Å². The molecule has 8 nitrogen and oxygen atoms in total. The highest BCUT2D eigenvalue weighted by atomic mass is 35.5. The normalized spacial score (nSPS) is 21.3. The third kappa shape index (κ3) is 5.68. The molecule has 1 amide bonds. The maximum atomic E-state index is 13.2. The highest BCUT2D eigenvalue weighted by molar-refractivity contribution is 6.30. The first-order valence-electron chi connectivity index (χ1n) is 14.5. The van der Waals surface area contributed by atoms with Crippen molar-refractivity contribution < 1.29 is 9.53 Å². The van der Waals surface area contributed by atoms with Gasteiger partial charge in [-0.1, -0.05) is 61.7 Å². The first-order valence-corrected chi connectivity index (χ1v) is 14.9. The second-order valence-electron chi connectivity index (χ2n) is 11.7. The standard InChI is InChI=1S/C32H37ClN6O2/c1-21-9-11-22(12-10-21)19-39-30-26(36-32(39)38-13-14-41-20-28(38)23-7-5-4-6-8-23)16-27(31(40)37(2)3)35-29(30)24-15-25(33)18-34-17-24/h4-8,15-18,21-22,28H,9-14,19-20H2,1-3H3/t21?,22?,28-/m0/s1. The number of morpholine rings is 1. The number of amides is 1. The number of anilines is 1. The Morgan fingerprint density at radius 2 is 1.85 bits per heavy atom. The van der Waals surface area contributed by atoms with Gasteiger partial charge in [0.15, 0.2) is 0 Å². The molecule has 1 aromatic carbocycles. The summed E-state index contributed by atoms with van der Waals surface area (Å²) in [5, 5.41) is 0.520. The Morgan fingerprint density at radius 1 is 1.07 bits per heavy atom. The summed E-state index contributed by atoms with van der Waals surface area (Å²) < 4.78 is 8.33. The topological polar surface area (TPSA) is 76.4 Å². The SMILES string of the molecule is CC1CCC(Cn2c(N3CCOC[C@H]3c3ccccc3)nc3cc(C(=O)N(C)C)nc(-c4cncc(Cl)c4)c32)CC1. The predicted octanol–water partition coefficient (Wildman–Crippen LogP) is 6.25. The first kappa shape index (κ1) is 27.7. The molecule has 1 saturated carbocycles. The van der Waals surface area contributed by atoms with Crippen molar-refractivity contribution in [2.75, 3.05) is 38.8 Å². The fraction of sp³-hybridized carbons (Fsp3) is 0.438. The zero-order valence-corrected chi connectivity index (χ0v) is 24.7. The fourth-order valence-electron chi connectivity index (χ4n) is 6.18. The summed E-state index contributed by atoms with van der Waals surface area (Å²) in [5.74, 6) is 2.02. The number of rotatable bonds is 6. The van der Waals surface area contributed by atoms with Gasteiger partial charge < -0.3 is 19.1 Å². The number of imidazole rings is 1. The number of hydrogen-bond donors (Lipinski definition) is 0. The molecule has 2 fully saturated rings. The summed E-state index contributed by atoms with van der Waals surface area (Å²) >= 11 is 6.41. The lowest BCUT2D eigenvalue weighted by Gasteiger charge is -2.37. The maximum Gasteiger partial charge on any atom is 0.272 e. The van der Waals surface area contributed by atoms with E-state index in [2.05, 4.69) is 45.6 Å². The van der Waals surface area contributed by atoms with Crippen LogP contribution in [0.5, 0.6) is 0 Å². The van der Waals surface area contributed by atoms with Crippen LogP contribution >= 0.6 is 11.6 Å². The molecule has 0 unspecified atom stereocenters. The van der Waals surface area contributed by atoms with Gasteiger partial charge in [-0.25, -0.2) is 9.97 Å². The molecule has 0 N–H and O–H groups in total. The van der Waals surface area contributed by atoms with Crippen molar-refractivity contribution >= 4 is 34.5 Å². The molecule has 214 valence electrons. The highest BCUT2D eigenvalue weighted by Crippen LogP contribution is 2.38. The second kappa shape index (κ2) is 11.8. The molecular weight excluding hydrogens is 536 g/mol. The first-order chi connectivity index (χ1) is 19.9. The van der Waals surface area contributed by atoms with Crippen LogP contribution in [0.2, 0.25) is 5.02 Å². The summed E-state index contributed by atoms with van der Waals surface area (Å²) in [7, 11) is 3.47. The number of fused-ring (bicyclic) bond motifs is 1. The fourth-order valence-corrected chi connectivity index (χ4v) is 6.36. The Bertz CT molecular complexity index is 1530. The minimum absolute atomic E-state index is 0.0269. The van der Waals surface area contributed by atoms with E-state index in [0.717, 1.165) is 41.6 Å². The summed E-state index contributed by atoms with van der Waals surface area (Å²) in [4.78, 5) is 31.7. The van der Waals surface area contributed by atoms with Gasteiger partial charge in [-0.15, -0.1) is 0 Å². The van der Waals surface area contributed by atoms with Crippen LogP contribution < -0.4 is 4.90 Å². The molecular formula is C32H37ClN6O2. The quantitative estimate of drug-likeness (QED) is 0.272. The van der Waals surface area contributed by atoms with Crippen molar-refractivity contribution in [2.45, 2.75) is 45.2 Å². The lowest BCUT2D eigenvalue weighted by molar-refractivity contribution is 0.0822. The van der Waals surface area contributed by atoms with Gasteiger partial charge in [-0.2, -0.15) is 0 Å². The van der Waals surface area contributed by atoms with Crippen LogP contribution in [-0.2, 0) is 11.3 Å². The summed E-state index contributed by atoms with van der Waals surface area (Å²) in [5.41, 5.74) is 4.64. The van der Waals surface area contributed by atoms with Gasteiger partial charge >= 0.3 is 0 Å².